The molecule has 0 saturated carbocycles. The summed E-state index contributed by atoms with van der Waals surface area (Å²) in [5, 5.41) is 28.5. The van der Waals surface area contributed by atoms with Crippen molar-refractivity contribution in [2.45, 2.75) is 64.8 Å². The minimum atomic E-state index is -0.976. The molecule has 7 heteroatoms. The van der Waals surface area contributed by atoms with E-state index >= 15 is 0 Å². The van der Waals surface area contributed by atoms with Gasteiger partial charge in [0.25, 0.3) is 0 Å². The number of carbonyl (C=O) groups excluding carboxylic acids is 2. The van der Waals surface area contributed by atoms with Crippen LogP contribution in [0.5, 0.6) is 0 Å². The molecule has 0 aliphatic carbocycles. The maximum absolute atomic E-state index is 12.4. The van der Waals surface area contributed by atoms with Gasteiger partial charge in [-0.1, -0.05) is 37.6 Å². The van der Waals surface area contributed by atoms with Gasteiger partial charge in [-0.2, -0.15) is 0 Å². The highest BCUT2D eigenvalue weighted by atomic mass is 16.6. The van der Waals surface area contributed by atoms with E-state index in [4.69, 9.17) is 14.6 Å². The molecule has 180 valence electrons. The minimum Gasteiger partial charge on any atom is -0.455 e. The highest BCUT2D eigenvalue weighted by Gasteiger charge is 2.35. The molecule has 0 bridgehead atoms. The number of aliphatic hydroxyl groups excluding tert-OH is 2. The van der Waals surface area contributed by atoms with Gasteiger partial charge in [0.05, 0.1) is 5.60 Å². The number of cyclic esters (lactones) is 1. The van der Waals surface area contributed by atoms with Crippen LogP contribution in [0, 0.1) is 17.8 Å². The lowest BCUT2D eigenvalue weighted by Gasteiger charge is -2.33. The molecule has 3 N–H and O–H groups in total. The standard InChI is InChI=1S/C25H38O7/c1-6-25(5,30)15-18(3)13-19(4)24-21(8-10-23(29)32-24)31-22(28)9-7-17(2)14-20(16-27)11-12-26/h6-10,14,18-21,24,26-27,30H,1,11-13,15-16H2,2-5H3/b9-7+,17-14+. The second-order valence-electron chi connectivity index (χ2n) is 8.94. The molecule has 0 aromatic heterocycles. The van der Waals surface area contributed by atoms with Gasteiger partial charge in [0.15, 0.2) is 6.10 Å². The number of aliphatic hydroxyl groups is 3. The fourth-order valence-electron chi connectivity index (χ4n) is 3.90. The molecule has 32 heavy (non-hydrogen) atoms. The quantitative estimate of drug-likeness (QED) is 0.171. The fraction of sp³-hybridized carbons (Fsp3) is 0.600. The van der Waals surface area contributed by atoms with Gasteiger partial charge in [0.1, 0.15) is 6.10 Å². The summed E-state index contributed by atoms with van der Waals surface area (Å²) in [7, 11) is 0. The van der Waals surface area contributed by atoms with Crippen LogP contribution < -0.4 is 0 Å². The zero-order valence-electron chi connectivity index (χ0n) is 19.6. The van der Waals surface area contributed by atoms with Crippen molar-refractivity contribution in [3.05, 3.63) is 48.6 Å². The normalized spacial score (nSPS) is 23.8. The maximum atomic E-state index is 12.4. The number of hydrogen-bond donors (Lipinski definition) is 3. The van der Waals surface area contributed by atoms with Crippen molar-refractivity contribution >= 4 is 11.9 Å². The number of esters is 2. The van der Waals surface area contributed by atoms with Gasteiger partial charge in [0, 0.05) is 31.3 Å². The average molecular weight is 451 g/mol. The van der Waals surface area contributed by atoms with Crippen LogP contribution >= 0.6 is 0 Å². The van der Waals surface area contributed by atoms with Crippen molar-refractivity contribution in [2.24, 2.45) is 17.8 Å². The van der Waals surface area contributed by atoms with Gasteiger partial charge >= 0.3 is 11.9 Å². The lowest BCUT2D eigenvalue weighted by molar-refractivity contribution is -0.164. The first-order chi connectivity index (χ1) is 15.0. The Bertz CT molecular complexity index is 720. The third-order valence-corrected chi connectivity index (χ3v) is 5.50. The molecular weight excluding hydrogens is 412 g/mol. The Morgan fingerprint density at radius 1 is 1.34 bits per heavy atom. The van der Waals surface area contributed by atoms with Crippen LogP contribution in [0.3, 0.4) is 0 Å². The van der Waals surface area contributed by atoms with Crippen molar-refractivity contribution < 1.29 is 34.4 Å². The first-order valence-electron chi connectivity index (χ1n) is 11.0. The maximum Gasteiger partial charge on any atom is 0.331 e. The van der Waals surface area contributed by atoms with Crippen LogP contribution in [0.2, 0.25) is 0 Å². The predicted molar refractivity (Wildman–Crippen MR) is 122 cm³/mol. The highest BCUT2D eigenvalue weighted by molar-refractivity contribution is 5.85. The van der Waals surface area contributed by atoms with E-state index in [0.717, 1.165) is 5.57 Å². The molecule has 0 fully saturated rings. The third kappa shape index (κ3) is 9.94. The Morgan fingerprint density at radius 3 is 2.62 bits per heavy atom. The molecule has 6 unspecified atom stereocenters. The molecule has 0 aromatic carbocycles. The van der Waals surface area contributed by atoms with E-state index in [0.29, 0.717) is 19.3 Å². The van der Waals surface area contributed by atoms with Crippen molar-refractivity contribution in [2.75, 3.05) is 13.2 Å². The zero-order valence-corrected chi connectivity index (χ0v) is 19.6. The number of rotatable bonds is 13. The van der Waals surface area contributed by atoms with E-state index in [1.807, 2.05) is 13.8 Å². The van der Waals surface area contributed by atoms with Gasteiger partial charge in [-0.05, 0) is 51.0 Å². The van der Waals surface area contributed by atoms with E-state index in [9.17, 15) is 19.8 Å². The van der Waals surface area contributed by atoms with Crippen molar-refractivity contribution in [3.8, 4) is 0 Å². The van der Waals surface area contributed by atoms with Crippen LogP contribution in [-0.2, 0) is 19.1 Å². The third-order valence-electron chi connectivity index (χ3n) is 5.50. The second kappa shape index (κ2) is 13.4. The van der Waals surface area contributed by atoms with E-state index in [1.165, 1.54) is 24.3 Å². The fourth-order valence-corrected chi connectivity index (χ4v) is 3.90. The van der Waals surface area contributed by atoms with Crippen LogP contribution in [0.4, 0.5) is 0 Å². The smallest absolute Gasteiger partial charge is 0.331 e. The number of hydrogen-bond acceptors (Lipinski definition) is 7. The number of allylic oxidation sites excluding steroid dienone is 2. The zero-order chi connectivity index (χ0) is 24.3. The molecular formula is C25H38O7. The largest absolute Gasteiger partial charge is 0.455 e. The minimum absolute atomic E-state index is 0.0309. The van der Waals surface area contributed by atoms with Gasteiger partial charge in [-0.3, -0.25) is 0 Å². The highest BCUT2D eigenvalue weighted by Crippen LogP contribution is 2.29. The molecule has 7 nitrogen and oxygen atoms in total. The first kappa shape index (κ1) is 27.8. The SMILES string of the molecule is C=CC(C)(O)CC(C)CC(C)C1OC(=O)C=CC1OC(=O)/C=C/C(C)=C/C(CO)CCO. The van der Waals surface area contributed by atoms with Crippen molar-refractivity contribution in [1.82, 2.24) is 0 Å². The second-order valence-corrected chi connectivity index (χ2v) is 8.94. The molecule has 0 radical (unpaired) electrons. The van der Waals surface area contributed by atoms with Gasteiger partial charge in [-0.15, -0.1) is 6.58 Å². The Kier molecular flexibility index (Phi) is 11.6. The summed E-state index contributed by atoms with van der Waals surface area (Å²) in [4.78, 5) is 24.2. The molecule has 0 aromatic rings. The molecule has 1 aliphatic rings. The van der Waals surface area contributed by atoms with E-state index < -0.39 is 29.7 Å². The van der Waals surface area contributed by atoms with Gasteiger partial charge in [-0.25, -0.2) is 9.59 Å². The predicted octanol–water partition coefficient (Wildman–Crippen LogP) is 2.86. The van der Waals surface area contributed by atoms with Crippen LogP contribution in [-0.4, -0.2) is 58.3 Å². The van der Waals surface area contributed by atoms with Gasteiger partial charge < -0.3 is 24.8 Å². The van der Waals surface area contributed by atoms with E-state index in [2.05, 4.69) is 6.58 Å². The van der Waals surface area contributed by atoms with Gasteiger partial charge in [0.2, 0.25) is 0 Å². The molecule has 1 heterocycles. The van der Waals surface area contributed by atoms with Crippen LogP contribution in [0.15, 0.2) is 48.6 Å². The molecule has 0 amide bonds. The topological polar surface area (TPSA) is 113 Å². The molecule has 6 atom stereocenters. The summed E-state index contributed by atoms with van der Waals surface area (Å²) >= 11 is 0. The van der Waals surface area contributed by atoms with Crippen molar-refractivity contribution in [1.29, 1.82) is 0 Å². The summed E-state index contributed by atoms with van der Waals surface area (Å²) < 4.78 is 11.0. The number of ether oxygens (including phenoxy) is 2. The lowest BCUT2D eigenvalue weighted by atomic mass is 9.84. The average Bonchev–Trinajstić information content (AvgIpc) is 2.72. The summed E-state index contributed by atoms with van der Waals surface area (Å²) in [6, 6.07) is 0. The summed E-state index contributed by atoms with van der Waals surface area (Å²) in [5.41, 5.74) is -0.218. The molecule has 1 rings (SSSR count). The monoisotopic (exact) mass is 450 g/mol. The Labute approximate surface area is 191 Å². The first-order valence-corrected chi connectivity index (χ1v) is 11.0. The molecule has 1 aliphatic heterocycles. The summed E-state index contributed by atoms with van der Waals surface area (Å²) in [5.74, 6) is -1.21. The summed E-state index contributed by atoms with van der Waals surface area (Å²) in [6.45, 7) is 10.9. The number of carbonyl (C=O) groups is 2. The lowest BCUT2D eigenvalue weighted by Crippen LogP contribution is -2.41. The van der Waals surface area contributed by atoms with E-state index in [-0.39, 0.29) is 31.0 Å². The Hall–Kier alpha value is -2.22. The van der Waals surface area contributed by atoms with Crippen LogP contribution in [0.1, 0.15) is 47.0 Å². The van der Waals surface area contributed by atoms with Crippen LogP contribution in [0.25, 0.3) is 0 Å². The Balaban J connectivity index is 2.78. The Morgan fingerprint density at radius 2 is 2.03 bits per heavy atom. The molecule has 0 spiro atoms. The van der Waals surface area contributed by atoms with Crippen molar-refractivity contribution in [3.63, 3.8) is 0 Å². The summed E-state index contributed by atoms with van der Waals surface area (Å²) in [6.07, 6.45) is 9.23. The molecule has 0 saturated heterocycles. The van der Waals surface area contributed by atoms with E-state index in [1.54, 1.807) is 26.0 Å².